The van der Waals surface area contributed by atoms with Crippen LogP contribution in [-0.4, -0.2) is 18.5 Å². The molecule has 1 unspecified atom stereocenters. The SMILES string of the molecule is CN(Cc1csc(Br)c1)C(CN)c1ccc(Br)cc1. The first-order chi connectivity index (χ1) is 9.10. The van der Waals surface area contributed by atoms with Gasteiger partial charge in [0.1, 0.15) is 0 Å². The van der Waals surface area contributed by atoms with Crippen LogP contribution in [0.25, 0.3) is 0 Å². The maximum absolute atomic E-state index is 5.94. The predicted molar refractivity (Wildman–Crippen MR) is 89.4 cm³/mol. The van der Waals surface area contributed by atoms with Crippen molar-refractivity contribution in [2.24, 2.45) is 5.73 Å². The lowest BCUT2D eigenvalue weighted by molar-refractivity contribution is 0.242. The number of likely N-dealkylation sites (N-methyl/N-ethyl adjacent to an activating group) is 1. The fourth-order valence-electron chi connectivity index (χ4n) is 2.08. The molecule has 0 aliphatic heterocycles. The molecule has 0 saturated heterocycles. The highest BCUT2D eigenvalue weighted by Crippen LogP contribution is 2.25. The van der Waals surface area contributed by atoms with Crippen molar-refractivity contribution in [2.45, 2.75) is 12.6 Å². The van der Waals surface area contributed by atoms with Crippen LogP contribution < -0.4 is 5.73 Å². The summed E-state index contributed by atoms with van der Waals surface area (Å²) < 4.78 is 2.26. The Morgan fingerprint density at radius 3 is 2.47 bits per heavy atom. The second-order valence-electron chi connectivity index (χ2n) is 4.48. The molecule has 2 aromatic rings. The van der Waals surface area contributed by atoms with Crippen molar-refractivity contribution in [3.8, 4) is 0 Å². The lowest BCUT2D eigenvalue weighted by Gasteiger charge is -2.27. The third-order valence-electron chi connectivity index (χ3n) is 3.06. The van der Waals surface area contributed by atoms with Crippen LogP contribution in [0.2, 0.25) is 0 Å². The van der Waals surface area contributed by atoms with Crippen molar-refractivity contribution < 1.29 is 0 Å². The van der Waals surface area contributed by atoms with Gasteiger partial charge in [0.25, 0.3) is 0 Å². The van der Waals surface area contributed by atoms with Gasteiger partial charge in [-0.05, 0) is 57.7 Å². The number of halogens is 2. The molecule has 0 fully saturated rings. The van der Waals surface area contributed by atoms with E-state index in [0.717, 1.165) is 11.0 Å². The molecule has 5 heteroatoms. The molecule has 2 N–H and O–H groups in total. The average molecular weight is 404 g/mol. The molecule has 19 heavy (non-hydrogen) atoms. The highest BCUT2D eigenvalue weighted by atomic mass is 79.9. The van der Waals surface area contributed by atoms with Crippen molar-refractivity contribution in [3.05, 3.63) is 55.1 Å². The lowest BCUT2D eigenvalue weighted by atomic mass is 10.1. The summed E-state index contributed by atoms with van der Waals surface area (Å²) in [7, 11) is 2.12. The standard InChI is InChI=1S/C14H16Br2N2S/c1-18(8-10-6-14(16)19-9-10)13(7-17)11-2-4-12(15)5-3-11/h2-6,9,13H,7-8,17H2,1H3. The highest BCUT2D eigenvalue weighted by Gasteiger charge is 2.16. The molecule has 0 aliphatic rings. The first-order valence-corrected chi connectivity index (χ1v) is 8.45. The summed E-state index contributed by atoms with van der Waals surface area (Å²) in [6.45, 7) is 1.52. The number of hydrogen-bond donors (Lipinski definition) is 1. The van der Waals surface area contributed by atoms with Crippen LogP contribution >= 0.6 is 43.2 Å². The fraction of sp³-hybridized carbons (Fsp3) is 0.286. The summed E-state index contributed by atoms with van der Waals surface area (Å²) in [6, 6.07) is 10.8. The van der Waals surface area contributed by atoms with Crippen molar-refractivity contribution in [1.29, 1.82) is 0 Å². The second kappa shape index (κ2) is 6.99. The van der Waals surface area contributed by atoms with E-state index in [-0.39, 0.29) is 6.04 Å². The van der Waals surface area contributed by atoms with Gasteiger partial charge in [-0.25, -0.2) is 0 Å². The van der Waals surface area contributed by atoms with Crippen LogP contribution in [0.15, 0.2) is 44.0 Å². The number of hydrogen-bond acceptors (Lipinski definition) is 3. The number of rotatable bonds is 5. The van der Waals surface area contributed by atoms with Gasteiger partial charge >= 0.3 is 0 Å². The second-order valence-corrected chi connectivity index (χ2v) is 7.68. The maximum Gasteiger partial charge on any atom is 0.0701 e. The topological polar surface area (TPSA) is 29.3 Å². The number of nitrogens with zero attached hydrogens (tertiary/aromatic N) is 1. The number of nitrogens with two attached hydrogens (primary N) is 1. The molecule has 0 bridgehead atoms. The minimum atomic E-state index is 0.242. The zero-order valence-corrected chi connectivity index (χ0v) is 14.6. The minimum Gasteiger partial charge on any atom is -0.329 e. The monoisotopic (exact) mass is 402 g/mol. The van der Waals surface area contributed by atoms with Crippen LogP contribution in [0, 0.1) is 0 Å². The van der Waals surface area contributed by atoms with Crippen LogP contribution in [0.3, 0.4) is 0 Å². The van der Waals surface area contributed by atoms with E-state index < -0.39 is 0 Å². The van der Waals surface area contributed by atoms with Crippen LogP contribution in [0.4, 0.5) is 0 Å². The molecular weight excluding hydrogens is 388 g/mol. The van der Waals surface area contributed by atoms with E-state index in [9.17, 15) is 0 Å². The Labute approximate surface area is 134 Å². The van der Waals surface area contributed by atoms with E-state index in [0.29, 0.717) is 6.54 Å². The normalized spacial score (nSPS) is 12.9. The molecule has 1 aromatic carbocycles. The van der Waals surface area contributed by atoms with Gasteiger partial charge in [-0.3, -0.25) is 4.90 Å². The summed E-state index contributed by atoms with van der Waals surface area (Å²) in [6.07, 6.45) is 0. The molecule has 2 rings (SSSR count). The minimum absolute atomic E-state index is 0.242. The smallest absolute Gasteiger partial charge is 0.0701 e. The number of benzene rings is 1. The largest absolute Gasteiger partial charge is 0.329 e. The van der Waals surface area contributed by atoms with E-state index >= 15 is 0 Å². The van der Waals surface area contributed by atoms with Gasteiger partial charge in [-0.1, -0.05) is 28.1 Å². The highest BCUT2D eigenvalue weighted by molar-refractivity contribution is 9.11. The van der Waals surface area contributed by atoms with Crippen molar-refractivity contribution >= 4 is 43.2 Å². The van der Waals surface area contributed by atoms with Crippen molar-refractivity contribution in [3.63, 3.8) is 0 Å². The summed E-state index contributed by atoms with van der Waals surface area (Å²) in [5.41, 5.74) is 8.51. The summed E-state index contributed by atoms with van der Waals surface area (Å²) in [5.74, 6) is 0. The Morgan fingerprint density at radius 2 is 1.95 bits per heavy atom. The summed E-state index contributed by atoms with van der Waals surface area (Å²) in [4.78, 5) is 2.29. The molecule has 0 aliphatic carbocycles. The molecule has 1 atom stereocenters. The van der Waals surface area contributed by atoms with Crippen LogP contribution in [-0.2, 0) is 6.54 Å². The molecule has 0 amide bonds. The van der Waals surface area contributed by atoms with Gasteiger partial charge in [0.05, 0.1) is 3.79 Å². The fourth-order valence-corrected chi connectivity index (χ4v) is 3.55. The first kappa shape index (κ1) is 15.2. The van der Waals surface area contributed by atoms with E-state index in [1.807, 2.05) is 0 Å². The Bertz CT molecular complexity index is 524. The zero-order chi connectivity index (χ0) is 13.8. The van der Waals surface area contributed by atoms with Gasteiger partial charge < -0.3 is 5.73 Å². The molecule has 0 saturated carbocycles. The van der Waals surface area contributed by atoms with E-state index in [4.69, 9.17) is 5.73 Å². The van der Waals surface area contributed by atoms with E-state index in [1.165, 1.54) is 14.9 Å². The van der Waals surface area contributed by atoms with E-state index in [2.05, 4.69) is 79.5 Å². The zero-order valence-electron chi connectivity index (χ0n) is 10.6. The average Bonchev–Trinajstić information content (AvgIpc) is 2.78. The third-order valence-corrected chi connectivity index (χ3v) is 5.15. The van der Waals surface area contributed by atoms with Gasteiger partial charge in [-0.2, -0.15) is 0 Å². The summed E-state index contributed by atoms with van der Waals surface area (Å²) >= 11 is 8.68. The predicted octanol–water partition coefficient (Wildman–Crippen LogP) is 4.40. The Balaban J connectivity index is 2.10. The van der Waals surface area contributed by atoms with Gasteiger partial charge in [0.15, 0.2) is 0 Å². The Morgan fingerprint density at radius 1 is 1.26 bits per heavy atom. The van der Waals surface area contributed by atoms with Gasteiger partial charge in [-0.15, -0.1) is 11.3 Å². The molecule has 102 valence electrons. The van der Waals surface area contributed by atoms with Crippen molar-refractivity contribution in [1.82, 2.24) is 4.90 Å². The molecule has 0 spiro atoms. The molecule has 1 aromatic heterocycles. The van der Waals surface area contributed by atoms with Crippen LogP contribution in [0.5, 0.6) is 0 Å². The quantitative estimate of drug-likeness (QED) is 0.801. The maximum atomic E-state index is 5.94. The Hall–Kier alpha value is -0.200. The van der Waals surface area contributed by atoms with Crippen molar-refractivity contribution in [2.75, 3.05) is 13.6 Å². The lowest BCUT2D eigenvalue weighted by Crippen LogP contribution is -2.30. The molecule has 2 nitrogen and oxygen atoms in total. The van der Waals surface area contributed by atoms with Gasteiger partial charge in [0, 0.05) is 23.6 Å². The van der Waals surface area contributed by atoms with Gasteiger partial charge in [0.2, 0.25) is 0 Å². The van der Waals surface area contributed by atoms with E-state index in [1.54, 1.807) is 11.3 Å². The summed E-state index contributed by atoms with van der Waals surface area (Å²) in [5, 5.41) is 2.18. The molecular formula is C14H16Br2N2S. The molecule has 1 heterocycles. The van der Waals surface area contributed by atoms with Crippen LogP contribution in [0.1, 0.15) is 17.2 Å². The Kier molecular flexibility index (Phi) is 5.59. The first-order valence-electron chi connectivity index (χ1n) is 5.99. The number of thiophene rings is 1. The third kappa shape index (κ3) is 4.13. The molecule has 0 radical (unpaired) electrons.